The molecule has 0 saturated heterocycles. The minimum atomic E-state index is -4.74. The van der Waals surface area contributed by atoms with Gasteiger partial charge in [0.25, 0.3) is 0 Å². The van der Waals surface area contributed by atoms with Crippen LogP contribution in [0.25, 0.3) is 22.6 Å². The Balaban J connectivity index is 0.000000232. The molecule has 19 heteroatoms. The van der Waals surface area contributed by atoms with Crippen LogP contribution in [-0.2, 0) is 50.9 Å². The second-order valence-corrected chi connectivity index (χ2v) is 19.9. The van der Waals surface area contributed by atoms with Crippen molar-refractivity contribution in [3.05, 3.63) is 184 Å². The standard InChI is InChI=1S/2C19H12Br2O5S.C6H12N2.Pt/c2*20-14-9-11(5-7-16(14)22)19(12-6-8-17(23)15(21)10-12)13-3-1-2-4-18(13)27(24,25)26;7-5-3-1-2-4-6(5)8;/h2*1-10,22H,(H,24,25,26);5-8H,1-4H2;/q;;-2;+4/p-2/b2*19-12+;;. The number of rotatable bonds is 6. The smallest absolute Gasteiger partial charge is 0.744 e. The average Bonchev–Trinajstić information content (AvgIpc) is 3.22. The molecule has 0 radical (unpaired) electrons. The number of hydrogen-bond acceptors (Lipinski definition) is 10. The zero-order chi connectivity index (χ0) is 45.5. The Morgan fingerprint density at radius 2 is 0.921 bits per heavy atom. The fraction of sp³-hybridized carbons (Fsp3) is 0.136. The molecule has 1 fully saturated rings. The van der Waals surface area contributed by atoms with Gasteiger partial charge in [0.05, 0.1) is 27.7 Å². The van der Waals surface area contributed by atoms with Crippen LogP contribution in [0.4, 0.5) is 0 Å². The minimum absolute atomic E-state index is 0. The third-order valence-corrected chi connectivity index (χ3v) is 13.8. The molecule has 3 aliphatic rings. The van der Waals surface area contributed by atoms with E-state index in [0.717, 1.165) is 12.8 Å². The SMILES string of the molecule is O=C1C=C/C(=C(/c2ccc(O)c(Br)c2)c2ccccc2S(=O)(=O)[O-])C=C1Br.O=C1C=C/C(=C(/c2ccc(O)c(Br)c2)c2ccccc2S(=O)(=O)[O-])C=C1Br.[NH-]C1CCCCC1[NH-].[Pt+4]. The summed E-state index contributed by atoms with van der Waals surface area (Å²) in [7, 11) is -9.47. The number of nitrogens with one attached hydrogen (secondary N) is 2. The fourth-order valence-corrected chi connectivity index (χ4v) is 9.39. The summed E-state index contributed by atoms with van der Waals surface area (Å²) in [6.45, 7) is 0. The number of ketones is 2. The van der Waals surface area contributed by atoms with Crippen LogP contribution in [0.2, 0.25) is 0 Å². The Kier molecular flexibility index (Phi) is 18.8. The van der Waals surface area contributed by atoms with Crippen LogP contribution in [0.15, 0.2) is 160 Å². The number of allylic oxidation sites excluding steroid dienone is 10. The molecule has 7 rings (SSSR count). The van der Waals surface area contributed by atoms with Crippen LogP contribution in [0.5, 0.6) is 11.5 Å². The molecule has 4 aromatic carbocycles. The van der Waals surface area contributed by atoms with Crippen LogP contribution in [-0.4, -0.2) is 59.8 Å². The summed E-state index contributed by atoms with van der Waals surface area (Å²) >= 11 is 12.9. The number of carbonyl (C=O) groups is 2. The van der Waals surface area contributed by atoms with E-state index in [-0.39, 0.29) is 77.1 Å². The van der Waals surface area contributed by atoms with Crippen LogP contribution in [0, 0.1) is 0 Å². The first-order valence-electron chi connectivity index (χ1n) is 18.4. The van der Waals surface area contributed by atoms with Crippen molar-refractivity contribution >= 4 is 107 Å². The van der Waals surface area contributed by atoms with Gasteiger partial charge < -0.3 is 30.8 Å². The van der Waals surface area contributed by atoms with Gasteiger partial charge in [0.2, 0.25) is 0 Å². The molecule has 330 valence electrons. The van der Waals surface area contributed by atoms with Crippen molar-refractivity contribution in [1.29, 1.82) is 0 Å². The van der Waals surface area contributed by atoms with Gasteiger partial charge in [-0.2, -0.15) is 12.1 Å². The van der Waals surface area contributed by atoms with Gasteiger partial charge in [-0.05, 0) is 158 Å². The van der Waals surface area contributed by atoms with Crippen LogP contribution < -0.4 is 0 Å². The summed E-state index contributed by atoms with van der Waals surface area (Å²) < 4.78 is 72.1. The summed E-state index contributed by atoms with van der Waals surface area (Å²) in [5.74, 6) is -0.428. The van der Waals surface area contributed by atoms with E-state index in [1.54, 1.807) is 60.7 Å². The van der Waals surface area contributed by atoms with Gasteiger partial charge in [0.15, 0.2) is 11.6 Å². The van der Waals surface area contributed by atoms with E-state index in [1.807, 2.05) is 0 Å². The van der Waals surface area contributed by atoms with E-state index in [0.29, 0.717) is 51.3 Å². The quantitative estimate of drug-likeness (QED) is 0.173. The van der Waals surface area contributed by atoms with Crippen molar-refractivity contribution in [1.82, 2.24) is 0 Å². The topological polar surface area (TPSA) is 237 Å². The van der Waals surface area contributed by atoms with Gasteiger partial charge in [-0.1, -0.05) is 86.4 Å². The first-order chi connectivity index (χ1) is 29.2. The summed E-state index contributed by atoms with van der Waals surface area (Å²) in [6.07, 6.45) is 13.2. The fourth-order valence-electron chi connectivity index (χ4n) is 6.51. The van der Waals surface area contributed by atoms with Crippen LogP contribution in [0.1, 0.15) is 47.9 Å². The van der Waals surface area contributed by atoms with Crippen molar-refractivity contribution in [2.24, 2.45) is 0 Å². The van der Waals surface area contributed by atoms with Crippen molar-refractivity contribution < 1.29 is 66.8 Å². The molecule has 0 aromatic heterocycles. The summed E-state index contributed by atoms with van der Waals surface area (Å²) in [6, 6.07) is 20.9. The van der Waals surface area contributed by atoms with Crippen LogP contribution in [0.3, 0.4) is 0 Å². The summed E-state index contributed by atoms with van der Waals surface area (Å²) in [5, 5.41) is 19.6. The van der Waals surface area contributed by atoms with Crippen molar-refractivity contribution in [2.45, 2.75) is 47.6 Å². The largest absolute Gasteiger partial charge is 4.00 e. The van der Waals surface area contributed by atoms with E-state index < -0.39 is 20.2 Å². The van der Waals surface area contributed by atoms with Gasteiger partial charge in [-0.3, -0.25) is 9.59 Å². The van der Waals surface area contributed by atoms with Crippen LogP contribution >= 0.6 is 63.7 Å². The number of aromatic hydroxyl groups is 2. The maximum Gasteiger partial charge on any atom is 4.00 e. The molecule has 0 aliphatic heterocycles. The molecule has 2 unspecified atom stereocenters. The Bertz CT molecular complexity index is 2660. The molecule has 0 bridgehead atoms. The van der Waals surface area contributed by atoms with E-state index in [4.69, 9.17) is 11.5 Å². The van der Waals surface area contributed by atoms with Gasteiger partial charge >= 0.3 is 21.1 Å². The molecule has 0 spiro atoms. The number of phenols is 2. The first kappa shape index (κ1) is 52.2. The predicted molar refractivity (Wildman–Crippen MR) is 249 cm³/mol. The Hall–Kier alpha value is -3.39. The summed E-state index contributed by atoms with van der Waals surface area (Å²) in [5.41, 5.74) is 18.1. The molecular weight excluding hydrogens is 1300 g/mol. The van der Waals surface area contributed by atoms with E-state index in [9.17, 15) is 45.7 Å². The molecule has 3 aliphatic carbocycles. The van der Waals surface area contributed by atoms with Gasteiger partial charge in [0.1, 0.15) is 31.7 Å². The second kappa shape index (κ2) is 22.7. The monoisotopic (exact) mass is 1320 g/mol. The molecule has 4 aromatic rings. The molecule has 2 atom stereocenters. The molecule has 0 amide bonds. The Morgan fingerprint density at radius 1 is 0.571 bits per heavy atom. The molecule has 0 heterocycles. The van der Waals surface area contributed by atoms with Crippen molar-refractivity contribution in [3.63, 3.8) is 0 Å². The molecular formula is C44H34Br4N2O10PtS2. The third-order valence-electron chi connectivity index (χ3n) is 9.53. The van der Waals surface area contributed by atoms with Crippen molar-refractivity contribution in [3.8, 4) is 11.5 Å². The molecule has 63 heavy (non-hydrogen) atoms. The van der Waals surface area contributed by atoms with E-state index in [1.165, 1.54) is 73.5 Å². The zero-order valence-electron chi connectivity index (χ0n) is 32.3. The normalized spacial score (nSPS) is 19.0. The van der Waals surface area contributed by atoms with Gasteiger partial charge in [-0.25, -0.2) is 16.8 Å². The summed E-state index contributed by atoms with van der Waals surface area (Å²) in [4.78, 5) is 22.8. The van der Waals surface area contributed by atoms with Crippen molar-refractivity contribution in [2.75, 3.05) is 0 Å². The minimum Gasteiger partial charge on any atom is -0.744 e. The Labute approximate surface area is 412 Å². The maximum atomic E-state index is 11.8. The number of phenolic OH excluding ortho intramolecular Hbond substituents is 2. The number of benzene rings is 4. The van der Waals surface area contributed by atoms with Gasteiger partial charge in [0, 0.05) is 11.1 Å². The first-order valence-corrected chi connectivity index (χ1v) is 24.3. The number of halogens is 4. The third kappa shape index (κ3) is 13.6. The van der Waals surface area contributed by atoms with E-state index in [2.05, 4.69) is 63.7 Å². The molecule has 12 nitrogen and oxygen atoms in total. The molecule has 4 N–H and O–H groups in total. The van der Waals surface area contributed by atoms with E-state index >= 15 is 0 Å². The predicted octanol–water partition coefficient (Wildman–Crippen LogP) is 11.0. The van der Waals surface area contributed by atoms with Gasteiger partial charge in [-0.15, -0.1) is 0 Å². The Morgan fingerprint density at radius 3 is 1.22 bits per heavy atom. The average molecular weight is 1330 g/mol. The second-order valence-electron chi connectivity index (χ2n) is 13.8. The number of hydrogen-bond donors (Lipinski definition) is 2. The molecule has 1 saturated carbocycles. The number of carbonyl (C=O) groups excluding carboxylic acids is 2. The maximum absolute atomic E-state index is 11.8. The zero-order valence-corrected chi connectivity index (χ0v) is 42.6.